The molecule has 0 radical (unpaired) electrons. The monoisotopic (exact) mass is 376 g/mol. The lowest BCUT2D eigenvalue weighted by Gasteiger charge is -2.15. The molecule has 0 aliphatic rings. The maximum atomic E-state index is 12.5. The summed E-state index contributed by atoms with van der Waals surface area (Å²) in [6, 6.07) is 19.5. The SMILES string of the molecule is CCOC(=O)c1cnc2cc(Cl)ccc2c1Nc1cccc2ccccc12. The Labute approximate surface area is 161 Å². The zero-order valence-corrected chi connectivity index (χ0v) is 15.5. The minimum atomic E-state index is -0.412. The van der Waals surface area contributed by atoms with Crippen LogP contribution in [-0.4, -0.2) is 17.6 Å². The average molecular weight is 377 g/mol. The van der Waals surface area contributed by atoms with Crippen molar-refractivity contribution >= 4 is 50.6 Å². The molecule has 0 spiro atoms. The van der Waals surface area contributed by atoms with Crippen LogP contribution in [0.15, 0.2) is 66.9 Å². The van der Waals surface area contributed by atoms with Crippen LogP contribution in [0.4, 0.5) is 11.4 Å². The number of ether oxygens (including phenoxy) is 1. The van der Waals surface area contributed by atoms with Crippen molar-refractivity contribution in [1.29, 1.82) is 0 Å². The van der Waals surface area contributed by atoms with Gasteiger partial charge in [0.25, 0.3) is 0 Å². The molecule has 0 atom stereocenters. The first kappa shape index (κ1) is 17.3. The molecule has 4 nitrogen and oxygen atoms in total. The summed E-state index contributed by atoms with van der Waals surface area (Å²) in [6.07, 6.45) is 1.53. The lowest BCUT2D eigenvalue weighted by atomic mass is 10.1. The highest BCUT2D eigenvalue weighted by Crippen LogP contribution is 2.33. The van der Waals surface area contributed by atoms with Crippen LogP contribution in [-0.2, 0) is 4.74 Å². The number of halogens is 1. The van der Waals surface area contributed by atoms with Crippen molar-refractivity contribution in [2.24, 2.45) is 0 Å². The number of benzene rings is 3. The smallest absolute Gasteiger partial charge is 0.341 e. The predicted octanol–water partition coefficient (Wildman–Crippen LogP) is 5.96. The zero-order chi connectivity index (χ0) is 18.8. The molecular weight excluding hydrogens is 360 g/mol. The van der Waals surface area contributed by atoms with Gasteiger partial charge in [-0.1, -0.05) is 48.0 Å². The van der Waals surface area contributed by atoms with Gasteiger partial charge in [-0.3, -0.25) is 4.98 Å². The van der Waals surface area contributed by atoms with Gasteiger partial charge in [0.05, 0.1) is 17.8 Å². The Hall–Kier alpha value is -3.11. The maximum absolute atomic E-state index is 12.5. The lowest BCUT2D eigenvalue weighted by Crippen LogP contribution is -2.09. The van der Waals surface area contributed by atoms with E-state index in [9.17, 15) is 4.79 Å². The van der Waals surface area contributed by atoms with Crippen molar-refractivity contribution in [3.8, 4) is 0 Å². The van der Waals surface area contributed by atoms with Crippen LogP contribution in [0.25, 0.3) is 21.7 Å². The second kappa shape index (κ2) is 7.25. The van der Waals surface area contributed by atoms with Gasteiger partial charge in [0, 0.05) is 27.7 Å². The summed E-state index contributed by atoms with van der Waals surface area (Å²) in [5.74, 6) is -0.412. The van der Waals surface area contributed by atoms with E-state index < -0.39 is 5.97 Å². The number of pyridine rings is 1. The van der Waals surface area contributed by atoms with Gasteiger partial charge in [-0.15, -0.1) is 0 Å². The molecule has 3 aromatic carbocycles. The number of esters is 1. The van der Waals surface area contributed by atoms with Crippen molar-refractivity contribution in [3.63, 3.8) is 0 Å². The third kappa shape index (κ3) is 3.32. The van der Waals surface area contributed by atoms with Crippen molar-refractivity contribution in [2.75, 3.05) is 11.9 Å². The molecule has 4 rings (SSSR count). The van der Waals surface area contributed by atoms with Crippen LogP contribution < -0.4 is 5.32 Å². The molecule has 1 aromatic heterocycles. The summed E-state index contributed by atoms with van der Waals surface area (Å²) in [5, 5.41) is 7.01. The number of nitrogens with one attached hydrogen (secondary N) is 1. The molecule has 1 N–H and O–H groups in total. The van der Waals surface area contributed by atoms with Gasteiger partial charge in [0.2, 0.25) is 0 Å². The molecule has 4 aromatic rings. The second-order valence-electron chi connectivity index (χ2n) is 6.08. The van der Waals surface area contributed by atoms with Gasteiger partial charge in [0.15, 0.2) is 0 Å². The van der Waals surface area contributed by atoms with E-state index in [0.29, 0.717) is 28.4 Å². The minimum Gasteiger partial charge on any atom is -0.462 e. The number of hydrogen-bond acceptors (Lipinski definition) is 4. The van der Waals surface area contributed by atoms with Crippen LogP contribution in [0.2, 0.25) is 5.02 Å². The molecule has 0 amide bonds. The molecule has 5 heteroatoms. The number of carbonyl (C=O) groups excluding carboxylic acids is 1. The van der Waals surface area contributed by atoms with E-state index >= 15 is 0 Å². The third-order valence-corrected chi connectivity index (χ3v) is 4.61. The fourth-order valence-electron chi connectivity index (χ4n) is 3.13. The van der Waals surface area contributed by atoms with E-state index in [0.717, 1.165) is 21.8 Å². The average Bonchev–Trinajstić information content (AvgIpc) is 2.68. The third-order valence-electron chi connectivity index (χ3n) is 4.38. The molecule has 27 heavy (non-hydrogen) atoms. The van der Waals surface area contributed by atoms with Gasteiger partial charge in [-0.05, 0) is 36.6 Å². The molecular formula is C22H17ClN2O2. The first-order valence-corrected chi connectivity index (χ1v) is 9.05. The predicted molar refractivity (Wildman–Crippen MR) is 110 cm³/mol. The van der Waals surface area contributed by atoms with Crippen molar-refractivity contribution in [1.82, 2.24) is 4.98 Å². The topological polar surface area (TPSA) is 51.2 Å². The molecule has 0 saturated heterocycles. The van der Waals surface area contributed by atoms with Crippen LogP contribution in [0.5, 0.6) is 0 Å². The molecule has 0 aliphatic heterocycles. The number of anilines is 2. The van der Waals surface area contributed by atoms with E-state index in [1.54, 1.807) is 19.1 Å². The van der Waals surface area contributed by atoms with Crippen LogP contribution in [0.1, 0.15) is 17.3 Å². The van der Waals surface area contributed by atoms with Gasteiger partial charge in [-0.25, -0.2) is 4.79 Å². The first-order valence-electron chi connectivity index (χ1n) is 8.67. The van der Waals surface area contributed by atoms with Crippen LogP contribution in [0, 0.1) is 0 Å². The number of nitrogens with zero attached hydrogens (tertiary/aromatic N) is 1. The highest BCUT2D eigenvalue weighted by atomic mass is 35.5. The van der Waals surface area contributed by atoms with E-state index in [1.807, 2.05) is 36.4 Å². The Bertz CT molecular complexity index is 1150. The Morgan fingerprint density at radius 1 is 1.07 bits per heavy atom. The normalized spacial score (nSPS) is 10.9. The van der Waals surface area contributed by atoms with Gasteiger partial charge in [0.1, 0.15) is 5.56 Å². The Kier molecular flexibility index (Phi) is 4.65. The molecule has 134 valence electrons. The van der Waals surface area contributed by atoms with E-state index in [-0.39, 0.29) is 0 Å². The number of hydrogen-bond donors (Lipinski definition) is 1. The summed E-state index contributed by atoms with van der Waals surface area (Å²) < 4.78 is 5.22. The Morgan fingerprint density at radius 3 is 2.74 bits per heavy atom. The van der Waals surface area contributed by atoms with Crippen molar-refractivity contribution in [3.05, 3.63) is 77.4 Å². The number of fused-ring (bicyclic) bond motifs is 2. The fourth-order valence-corrected chi connectivity index (χ4v) is 3.30. The summed E-state index contributed by atoms with van der Waals surface area (Å²) in [7, 11) is 0. The van der Waals surface area contributed by atoms with Gasteiger partial charge in [-0.2, -0.15) is 0 Å². The van der Waals surface area contributed by atoms with Crippen LogP contribution in [0.3, 0.4) is 0 Å². The molecule has 0 bridgehead atoms. The standard InChI is InChI=1S/C22H17ClN2O2/c1-2-27-22(26)18-13-24-20-12-15(23)10-11-17(20)21(18)25-19-9-5-7-14-6-3-4-8-16(14)19/h3-13H,2H2,1H3,(H,24,25). The molecule has 0 unspecified atom stereocenters. The van der Waals surface area contributed by atoms with Crippen LogP contribution >= 0.6 is 11.6 Å². The van der Waals surface area contributed by atoms with Crippen molar-refractivity contribution < 1.29 is 9.53 Å². The fraction of sp³-hybridized carbons (Fsp3) is 0.0909. The number of carbonyl (C=O) groups is 1. The molecule has 0 saturated carbocycles. The van der Waals surface area contributed by atoms with Crippen molar-refractivity contribution in [2.45, 2.75) is 6.92 Å². The molecule has 0 fully saturated rings. The maximum Gasteiger partial charge on any atom is 0.341 e. The van der Waals surface area contributed by atoms with Gasteiger partial charge < -0.3 is 10.1 Å². The Balaban J connectivity index is 1.92. The quantitative estimate of drug-likeness (QED) is 0.446. The van der Waals surface area contributed by atoms with E-state index in [4.69, 9.17) is 16.3 Å². The summed E-state index contributed by atoms with van der Waals surface area (Å²) in [4.78, 5) is 16.9. The van der Waals surface area contributed by atoms with E-state index in [1.165, 1.54) is 6.20 Å². The molecule has 1 heterocycles. The van der Waals surface area contributed by atoms with E-state index in [2.05, 4.69) is 22.4 Å². The minimum absolute atomic E-state index is 0.297. The zero-order valence-electron chi connectivity index (χ0n) is 14.7. The largest absolute Gasteiger partial charge is 0.462 e. The summed E-state index contributed by atoms with van der Waals surface area (Å²) >= 11 is 6.11. The Morgan fingerprint density at radius 2 is 1.89 bits per heavy atom. The highest BCUT2D eigenvalue weighted by molar-refractivity contribution is 6.31. The summed E-state index contributed by atoms with van der Waals surface area (Å²) in [5.41, 5.74) is 2.66. The summed E-state index contributed by atoms with van der Waals surface area (Å²) in [6.45, 7) is 2.08. The highest BCUT2D eigenvalue weighted by Gasteiger charge is 2.17. The lowest BCUT2D eigenvalue weighted by molar-refractivity contribution is 0.0527. The number of aromatic nitrogens is 1. The molecule has 0 aliphatic carbocycles. The number of rotatable bonds is 4. The van der Waals surface area contributed by atoms with Gasteiger partial charge >= 0.3 is 5.97 Å². The second-order valence-corrected chi connectivity index (χ2v) is 6.52. The first-order chi connectivity index (χ1) is 13.2.